The van der Waals surface area contributed by atoms with Gasteiger partial charge in [0.05, 0.1) is 25.8 Å². The maximum atomic E-state index is 12.3. The fourth-order valence-electron chi connectivity index (χ4n) is 2.19. The molecule has 2 aromatic carbocycles. The smallest absolute Gasteiger partial charge is 0.185 e. The van der Waals surface area contributed by atoms with Gasteiger partial charge in [0.15, 0.2) is 17.3 Å². The molecule has 0 atom stereocenters. The van der Waals surface area contributed by atoms with Crippen LogP contribution in [0.25, 0.3) is 6.08 Å². The number of hydrogen-bond donors (Lipinski definition) is 0. The zero-order valence-corrected chi connectivity index (χ0v) is 14.6. The van der Waals surface area contributed by atoms with Crippen molar-refractivity contribution in [2.75, 3.05) is 20.8 Å². The number of rotatable bonds is 7. The normalized spacial score (nSPS) is 10.7. The zero-order chi connectivity index (χ0) is 17.5. The highest BCUT2D eigenvalue weighted by molar-refractivity contribution is 6.32. The summed E-state index contributed by atoms with van der Waals surface area (Å²) in [4.78, 5) is 12.3. The summed E-state index contributed by atoms with van der Waals surface area (Å²) in [6.45, 7) is 2.37. The fourth-order valence-corrected chi connectivity index (χ4v) is 2.49. The Labute approximate surface area is 146 Å². The van der Waals surface area contributed by atoms with E-state index in [2.05, 4.69) is 0 Å². The summed E-state index contributed by atoms with van der Waals surface area (Å²) in [7, 11) is 3.10. The van der Waals surface area contributed by atoms with E-state index in [0.717, 1.165) is 5.56 Å². The van der Waals surface area contributed by atoms with Crippen LogP contribution in [0.15, 0.2) is 42.5 Å². The average Bonchev–Trinajstić information content (AvgIpc) is 2.60. The Hall–Kier alpha value is -2.46. The molecule has 2 rings (SSSR count). The first kappa shape index (κ1) is 17.9. The molecule has 126 valence electrons. The summed E-state index contributed by atoms with van der Waals surface area (Å²) in [6.07, 6.45) is 3.18. The van der Waals surface area contributed by atoms with Crippen LogP contribution in [0.4, 0.5) is 0 Å². The van der Waals surface area contributed by atoms with E-state index in [4.69, 9.17) is 25.8 Å². The molecule has 0 amide bonds. The van der Waals surface area contributed by atoms with Crippen LogP contribution in [0.2, 0.25) is 5.02 Å². The molecular weight excluding hydrogens is 328 g/mol. The number of methoxy groups -OCH3 is 2. The number of ether oxygens (including phenoxy) is 3. The maximum Gasteiger partial charge on any atom is 0.185 e. The molecule has 0 heterocycles. The Kier molecular flexibility index (Phi) is 6.27. The third-order valence-electron chi connectivity index (χ3n) is 3.32. The average molecular weight is 347 g/mol. The molecule has 0 radical (unpaired) electrons. The van der Waals surface area contributed by atoms with E-state index in [1.165, 1.54) is 13.2 Å². The lowest BCUT2D eigenvalue weighted by Crippen LogP contribution is -1.97. The van der Waals surface area contributed by atoms with Gasteiger partial charge in [-0.15, -0.1) is 0 Å². The van der Waals surface area contributed by atoms with Crippen LogP contribution in [0, 0.1) is 0 Å². The number of allylic oxidation sites excluding steroid dienone is 1. The van der Waals surface area contributed by atoms with Crippen LogP contribution in [0.1, 0.15) is 22.8 Å². The van der Waals surface area contributed by atoms with Crippen molar-refractivity contribution in [2.45, 2.75) is 6.92 Å². The number of carbonyl (C=O) groups is 1. The molecular formula is C19H19ClO4. The second kappa shape index (κ2) is 8.41. The van der Waals surface area contributed by atoms with E-state index in [1.807, 2.05) is 6.92 Å². The second-order valence-electron chi connectivity index (χ2n) is 4.90. The molecule has 0 fully saturated rings. The molecule has 4 nitrogen and oxygen atoms in total. The van der Waals surface area contributed by atoms with Crippen LogP contribution in [0.5, 0.6) is 17.2 Å². The van der Waals surface area contributed by atoms with Gasteiger partial charge in [0.2, 0.25) is 0 Å². The Bertz CT molecular complexity index is 753. The van der Waals surface area contributed by atoms with Gasteiger partial charge < -0.3 is 14.2 Å². The van der Waals surface area contributed by atoms with Crippen molar-refractivity contribution in [3.05, 3.63) is 58.6 Å². The molecule has 0 saturated heterocycles. The predicted molar refractivity (Wildman–Crippen MR) is 95.5 cm³/mol. The van der Waals surface area contributed by atoms with Crippen LogP contribution < -0.4 is 14.2 Å². The van der Waals surface area contributed by atoms with E-state index >= 15 is 0 Å². The first-order chi connectivity index (χ1) is 11.6. The van der Waals surface area contributed by atoms with E-state index in [9.17, 15) is 4.79 Å². The van der Waals surface area contributed by atoms with Crippen LogP contribution in [0.3, 0.4) is 0 Å². The van der Waals surface area contributed by atoms with Crippen molar-refractivity contribution in [1.29, 1.82) is 0 Å². The lowest BCUT2D eigenvalue weighted by molar-refractivity contribution is 0.104. The molecule has 0 aliphatic carbocycles. The molecule has 5 heteroatoms. The predicted octanol–water partition coefficient (Wildman–Crippen LogP) is 4.65. The summed E-state index contributed by atoms with van der Waals surface area (Å²) in [5, 5.41) is 0.428. The van der Waals surface area contributed by atoms with Crippen molar-refractivity contribution in [3.8, 4) is 17.2 Å². The molecule has 2 aromatic rings. The highest BCUT2D eigenvalue weighted by Crippen LogP contribution is 2.36. The summed E-state index contributed by atoms with van der Waals surface area (Å²) < 4.78 is 15.9. The Morgan fingerprint density at radius 1 is 1.17 bits per heavy atom. The number of halogens is 1. The van der Waals surface area contributed by atoms with Crippen LogP contribution in [-0.2, 0) is 0 Å². The number of ketones is 1. The monoisotopic (exact) mass is 346 g/mol. The van der Waals surface area contributed by atoms with Crippen molar-refractivity contribution in [2.24, 2.45) is 0 Å². The van der Waals surface area contributed by atoms with Crippen molar-refractivity contribution >= 4 is 23.5 Å². The van der Waals surface area contributed by atoms with Crippen LogP contribution in [-0.4, -0.2) is 26.6 Å². The third kappa shape index (κ3) is 4.30. The van der Waals surface area contributed by atoms with Crippen molar-refractivity contribution in [3.63, 3.8) is 0 Å². The lowest BCUT2D eigenvalue weighted by Gasteiger charge is -2.11. The minimum Gasteiger partial charge on any atom is -0.497 e. The largest absolute Gasteiger partial charge is 0.497 e. The SMILES string of the molecule is CCOc1cc(/C=C/C(=O)c2cccc(OC)c2)cc(Cl)c1OC. The van der Waals surface area contributed by atoms with E-state index < -0.39 is 0 Å². The molecule has 0 unspecified atom stereocenters. The Balaban J connectivity index is 2.26. The number of carbonyl (C=O) groups excluding carboxylic acids is 1. The minimum absolute atomic E-state index is 0.126. The molecule has 0 aliphatic rings. The van der Waals surface area contributed by atoms with Gasteiger partial charge in [-0.1, -0.05) is 29.8 Å². The highest BCUT2D eigenvalue weighted by atomic mass is 35.5. The van der Waals surface area contributed by atoms with Crippen molar-refractivity contribution in [1.82, 2.24) is 0 Å². The first-order valence-electron chi connectivity index (χ1n) is 7.45. The lowest BCUT2D eigenvalue weighted by atomic mass is 10.1. The highest BCUT2D eigenvalue weighted by Gasteiger charge is 2.11. The Morgan fingerprint density at radius 2 is 1.96 bits per heavy atom. The van der Waals surface area contributed by atoms with Gasteiger partial charge in [-0.3, -0.25) is 4.79 Å². The van der Waals surface area contributed by atoms with Gasteiger partial charge >= 0.3 is 0 Å². The van der Waals surface area contributed by atoms with E-state index in [-0.39, 0.29) is 5.78 Å². The molecule has 0 aliphatic heterocycles. The summed E-state index contributed by atoms with van der Waals surface area (Å²) >= 11 is 6.20. The minimum atomic E-state index is -0.126. The maximum absolute atomic E-state index is 12.3. The molecule has 0 N–H and O–H groups in total. The number of benzene rings is 2. The van der Waals surface area contributed by atoms with Crippen molar-refractivity contribution < 1.29 is 19.0 Å². The van der Waals surface area contributed by atoms with Gasteiger partial charge in [-0.05, 0) is 42.8 Å². The summed E-state index contributed by atoms with van der Waals surface area (Å²) in [5.74, 6) is 1.54. The topological polar surface area (TPSA) is 44.8 Å². The van der Waals surface area contributed by atoms with Crippen LogP contribution >= 0.6 is 11.6 Å². The zero-order valence-electron chi connectivity index (χ0n) is 13.8. The van der Waals surface area contributed by atoms with Gasteiger partial charge in [-0.25, -0.2) is 0 Å². The summed E-state index contributed by atoms with van der Waals surface area (Å²) in [5.41, 5.74) is 1.30. The second-order valence-corrected chi connectivity index (χ2v) is 5.30. The van der Waals surface area contributed by atoms with Gasteiger partial charge in [0, 0.05) is 5.56 Å². The van der Waals surface area contributed by atoms with Gasteiger partial charge in [0.25, 0.3) is 0 Å². The Morgan fingerprint density at radius 3 is 2.62 bits per heavy atom. The van der Waals surface area contributed by atoms with E-state index in [0.29, 0.717) is 34.4 Å². The fraction of sp³-hybridized carbons (Fsp3) is 0.211. The van der Waals surface area contributed by atoms with E-state index in [1.54, 1.807) is 49.6 Å². The van der Waals surface area contributed by atoms with Gasteiger partial charge in [-0.2, -0.15) is 0 Å². The summed E-state index contributed by atoms with van der Waals surface area (Å²) in [6, 6.07) is 10.5. The molecule has 0 saturated carbocycles. The molecule has 0 bridgehead atoms. The first-order valence-corrected chi connectivity index (χ1v) is 7.83. The molecule has 0 spiro atoms. The van der Waals surface area contributed by atoms with Gasteiger partial charge in [0.1, 0.15) is 5.75 Å². The molecule has 0 aromatic heterocycles. The standard InChI is InChI=1S/C19H19ClO4/c1-4-24-18-11-13(10-16(20)19(18)23-3)8-9-17(21)14-6-5-7-15(12-14)22-2/h5-12H,4H2,1-3H3/b9-8+. The molecule has 24 heavy (non-hydrogen) atoms. The third-order valence-corrected chi connectivity index (χ3v) is 3.60. The number of hydrogen-bond acceptors (Lipinski definition) is 4. The quantitative estimate of drug-likeness (QED) is 0.540.